The molecule has 1 aromatic heterocycles. The van der Waals surface area contributed by atoms with Gasteiger partial charge in [0.25, 0.3) is 5.91 Å². The second-order valence-corrected chi connectivity index (χ2v) is 11.2. The summed E-state index contributed by atoms with van der Waals surface area (Å²) in [6.07, 6.45) is 0.0634. The van der Waals surface area contributed by atoms with Crippen molar-refractivity contribution in [2.45, 2.75) is 45.1 Å². The Kier molecular flexibility index (Phi) is 8.00. The smallest absolute Gasteiger partial charge is 0.324 e. The highest BCUT2D eigenvalue weighted by Gasteiger charge is 2.45. The van der Waals surface area contributed by atoms with Gasteiger partial charge in [0, 0.05) is 31.0 Å². The van der Waals surface area contributed by atoms with Gasteiger partial charge in [-0.3, -0.25) is 14.9 Å². The van der Waals surface area contributed by atoms with Crippen molar-refractivity contribution in [3.05, 3.63) is 44.5 Å². The van der Waals surface area contributed by atoms with Crippen LogP contribution >= 0.6 is 34.5 Å². The molecule has 0 aliphatic carbocycles. The molecular weight excluding hydrogens is 518 g/mol. The van der Waals surface area contributed by atoms with Crippen LogP contribution in [-0.2, 0) is 10.2 Å². The van der Waals surface area contributed by atoms with Gasteiger partial charge in [0.1, 0.15) is 16.4 Å². The highest BCUT2D eigenvalue weighted by atomic mass is 35.5. The van der Waals surface area contributed by atoms with E-state index >= 15 is 0 Å². The minimum Gasteiger partial charge on any atom is -0.396 e. The highest BCUT2D eigenvalue weighted by molar-refractivity contribution is 7.16. The van der Waals surface area contributed by atoms with E-state index < -0.39 is 23.3 Å². The first-order valence-electron chi connectivity index (χ1n) is 10.9. The molecule has 35 heavy (non-hydrogen) atoms. The van der Waals surface area contributed by atoms with E-state index in [0.717, 1.165) is 10.9 Å². The van der Waals surface area contributed by atoms with Crippen molar-refractivity contribution < 1.29 is 23.9 Å². The average Bonchev–Trinajstić information content (AvgIpc) is 3.20. The van der Waals surface area contributed by atoms with Gasteiger partial charge in [-0.1, -0.05) is 44.0 Å². The molecule has 4 amide bonds. The Hall–Kier alpha value is -2.40. The minimum absolute atomic E-state index is 0.0634. The molecule has 1 unspecified atom stereocenters. The summed E-state index contributed by atoms with van der Waals surface area (Å²) < 4.78 is 13.6. The van der Waals surface area contributed by atoms with Crippen molar-refractivity contribution >= 4 is 63.1 Å². The van der Waals surface area contributed by atoms with E-state index in [4.69, 9.17) is 23.2 Å². The van der Waals surface area contributed by atoms with Crippen molar-refractivity contribution in [1.29, 1.82) is 0 Å². The molecule has 1 aliphatic rings. The Morgan fingerprint density at radius 2 is 1.94 bits per heavy atom. The van der Waals surface area contributed by atoms with Crippen LogP contribution in [0.25, 0.3) is 0 Å². The Balaban J connectivity index is 1.95. The first kappa shape index (κ1) is 27.2. The number of hydrogen-bond acceptors (Lipinski definition) is 5. The predicted octanol–water partition coefficient (Wildman–Crippen LogP) is 4.85. The number of amides is 4. The maximum atomic E-state index is 13.7. The van der Waals surface area contributed by atoms with Gasteiger partial charge in [-0.15, -0.1) is 11.3 Å². The SMILES string of the molecule is CC(C)(C)c1cc(C(=O)N2CCNC(=O)C2(C)CCO)c(NC(=O)Nc2ccc(F)c(Cl)c2Cl)s1. The van der Waals surface area contributed by atoms with Crippen LogP contribution in [0.5, 0.6) is 0 Å². The number of halogens is 3. The molecular formula is C23H27Cl2FN4O4S. The summed E-state index contributed by atoms with van der Waals surface area (Å²) in [4.78, 5) is 41.4. The Morgan fingerprint density at radius 1 is 1.26 bits per heavy atom. The maximum Gasteiger partial charge on any atom is 0.324 e. The van der Waals surface area contributed by atoms with Crippen molar-refractivity contribution in [3.8, 4) is 0 Å². The van der Waals surface area contributed by atoms with E-state index in [9.17, 15) is 23.9 Å². The van der Waals surface area contributed by atoms with Gasteiger partial charge in [-0.2, -0.15) is 0 Å². The molecule has 8 nitrogen and oxygen atoms in total. The third-order valence-corrected chi connectivity index (χ3v) is 8.10. The van der Waals surface area contributed by atoms with Crippen molar-refractivity contribution in [2.75, 3.05) is 30.3 Å². The number of aliphatic hydroxyl groups excluding tert-OH is 1. The molecule has 1 atom stereocenters. The first-order valence-corrected chi connectivity index (χ1v) is 12.4. The van der Waals surface area contributed by atoms with Crippen LogP contribution in [-0.4, -0.2) is 53.1 Å². The fourth-order valence-electron chi connectivity index (χ4n) is 3.67. The van der Waals surface area contributed by atoms with E-state index in [-0.39, 0.29) is 63.7 Å². The van der Waals surface area contributed by atoms with Crippen LogP contribution < -0.4 is 16.0 Å². The molecule has 12 heteroatoms. The lowest BCUT2D eigenvalue weighted by Crippen LogP contribution is -2.65. The molecule has 1 aromatic carbocycles. The number of thiophene rings is 1. The number of aliphatic hydroxyl groups is 1. The summed E-state index contributed by atoms with van der Waals surface area (Å²) in [7, 11) is 0. The third kappa shape index (κ3) is 5.55. The number of carbonyl (C=O) groups is 3. The van der Waals surface area contributed by atoms with Crippen LogP contribution in [0, 0.1) is 5.82 Å². The summed E-state index contributed by atoms with van der Waals surface area (Å²) in [5.74, 6) is -1.52. The zero-order valence-corrected chi connectivity index (χ0v) is 22.1. The second kappa shape index (κ2) is 10.3. The van der Waals surface area contributed by atoms with Crippen LogP contribution in [0.1, 0.15) is 49.4 Å². The molecule has 1 aliphatic heterocycles. The number of piperazine rings is 1. The molecule has 1 fully saturated rings. The van der Waals surface area contributed by atoms with Gasteiger partial charge >= 0.3 is 6.03 Å². The molecule has 2 aromatic rings. The quantitative estimate of drug-likeness (QED) is 0.403. The molecule has 0 bridgehead atoms. The largest absolute Gasteiger partial charge is 0.396 e. The standard InChI is InChI=1S/C23H27Cl2FN4O4S/c1-22(2,3)15-11-12(19(32)30-9-8-27-20(33)23(30,4)7-10-31)18(35-15)29-21(34)28-14-6-5-13(26)16(24)17(14)25/h5-6,11,31H,7-10H2,1-4H3,(H,27,33)(H2,28,29,34). The van der Waals surface area contributed by atoms with Crippen LogP contribution in [0.15, 0.2) is 18.2 Å². The molecule has 3 rings (SSSR count). The summed E-state index contributed by atoms with van der Waals surface area (Å²) in [5.41, 5.74) is -1.25. The number of carbonyl (C=O) groups excluding carboxylic acids is 3. The Labute approximate surface area is 216 Å². The van der Waals surface area contributed by atoms with E-state index in [2.05, 4.69) is 16.0 Å². The van der Waals surface area contributed by atoms with E-state index in [1.807, 2.05) is 20.8 Å². The van der Waals surface area contributed by atoms with Gasteiger partial charge in [0.05, 0.1) is 21.3 Å². The van der Waals surface area contributed by atoms with Gasteiger partial charge < -0.3 is 20.6 Å². The molecule has 4 N–H and O–H groups in total. The lowest BCUT2D eigenvalue weighted by atomic mass is 9.91. The zero-order valence-electron chi connectivity index (χ0n) is 19.7. The van der Waals surface area contributed by atoms with Crippen LogP contribution in [0.2, 0.25) is 10.0 Å². The number of benzene rings is 1. The van der Waals surface area contributed by atoms with Gasteiger partial charge in [-0.05, 0) is 30.5 Å². The van der Waals surface area contributed by atoms with Crippen molar-refractivity contribution in [2.24, 2.45) is 0 Å². The highest BCUT2D eigenvalue weighted by Crippen LogP contribution is 2.38. The zero-order chi connectivity index (χ0) is 26.1. The maximum absolute atomic E-state index is 13.7. The summed E-state index contributed by atoms with van der Waals surface area (Å²) in [6, 6.07) is 3.35. The molecule has 0 radical (unpaired) electrons. The van der Waals surface area contributed by atoms with Crippen LogP contribution in [0.4, 0.5) is 19.9 Å². The Bertz CT molecular complexity index is 1170. The van der Waals surface area contributed by atoms with E-state index in [0.29, 0.717) is 0 Å². The van der Waals surface area contributed by atoms with E-state index in [1.54, 1.807) is 13.0 Å². The topological polar surface area (TPSA) is 111 Å². The fourth-order valence-corrected chi connectivity index (χ4v) is 5.14. The normalized spacial score (nSPS) is 18.3. The van der Waals surface area contributed by atoms with Crippen LogP contribution in [0.3, 0.4) is 0 Å². The molecule has 190 valence electrons. The van der Waals surface area contributed by atoms with Crippen molar-refractivity contribution in [1.82, 2.24) is 10.2 Å². The molecule has 0 saturated carbocycles. The summed E-state index contributed by atoms with van der Waals surface area (Å²) in [6.45, 7) is 7.77. The number of hydrogen-bond donors (Lipinski definition) is 4. The lowest BCUT2D eigenvalue weighted by molar-refractivity contribution is -0.135. The third-order valence-electron chi connectivity index (χ3n) is 5.76. The van der Waals surface area contributed by atoms with Gasteiger partial charge in [-0.25, -0.2) is 9.18 Å². The second-order valence-electron chi connectivity index (χ2n) is 9.37. The number of nitrogens with zero attached hydrogens (tertiary/aromatic N) is 1. The van der Waals surface area contributed by atoms with Crippen molar-refractivity contribution in [3.63, 3.8) is 0 Å². The van der Waals surface area contributed by atoms with Gasteiger partial charge in [0.2, 0.25) is 5.91 Å². The first-order chi connectivity index (χ1) is 16.3. The predicted molar refractivity (Wildman–Crippen MR) is 136 cm³/mol. The average molecular weight is 545 g/mol. The number of anilines is 2. The number of rotatable bonds is 5. The number of urea groups is 1. The minimum atomic E-state index is -1.24. The lowest BCUT2D eigenvalue weighted by Gasteiger charge is -2.43. The molecule has 2 heterocycles. The summed E-state index contributed by atoms with van der Waals surface area (Å²) >= 11 is 13.1. The number of nitrogens with one attached hydrogen (secondary N) is 3. The molecule has 1 saturated heterocycles. The van der Waals surface area contributed by atoms with Gasteiger partial charge in [0.15, 0.2) is 0 Å². The fraction of sp³-hybridized carbons (Fsp3) is 0.435. The monoisotopic (exact) mass is 544 g/mol. The van der Waals surface area contributed by atoms with E-state index in [1.165, 1.54) is 22.3 Å². The summed E-state index contributed by atoms with van der Waals surface area (Å²) in [5, 5.41) is 17.3. The Morgan fingerprint density at radius 3 is 2.57 bits per heavy atom. The molecule has 0 spiro atoms.